The summed E-state index contributed by atoms with van der Waals surface area (Å²) in [5, 5.41) is 19.4. The van der Waals surface area contributed by atoms with Crippen molar-refractivity contribution in [1.82, 2.24) is 20.3 Å². The van der Waals surface area contributed by atoms with Crippen molar-refractivity contribution in [2.45, 2.75) is 25.4 Å². The molecule has 1 unspecified atom stereocenters. The number of hydrogen-bond donors (Lipinski definition) is 2. The van der Waals surface area contributed by atoms with Crippen LogP contribution in [-0.4, -0.2) is 38.6 Å². The fourth-order valence-electron chi connectivity index (χ4n) is 2.56. The van der Waals surface area contributed by atoms with Gasteiger partial charge in [-0.2, -0.15) is 0 Å². The molecule has 24 heavy (non-hydrogen) atoms. The fourth-order valence-corrected chi connectivity index (χ4v) is 2.72. The van der Waals surface area contributed by atoms with Crippen LogP contribution in [0.5, 0.6) is 5.75 Å². The molecule has 0 saturated heterocycles. The Morgan fingerprint density at radius 2 is 2.29 bits per heavy atom. The van der Waals surface area contributed by atoms with Crippen molar-refractivity contribution in [3.63, 3.8) is 0 Å². The van der Waals surface area contributed by atoms with Gasteiger partial charge in [-0.15, -0.1) is 5.10 Å². The number of aromatic carboxylic acids is 1. The molecule has 1 atom stereocenters. The zero-order valence-electron chi connectivity index (χ0n) is 12.6. The van der Waals surface area contributed by atoms with Gasteiger partial charge >= 0.3 is 5.97 Å². The Hall–Kier alpha value is -2.61. The number of carboxylic acids is 1. The Kier molecular flexibility index (Phi) is 4.66. The lowest BCUT2D eigenvalue weighted by atomic mass is 10.0. The van der Waals surface area contributed by atoms with Crippen LogP contribution in [-0.2, 0) is 11.3 Å². The first-order valence-corrected chi connectivity index (χ1v) is 7.76. The number of halogens is 1. The molecule has 126 valence electrons. The highest BCUT2D eigenvalue weighted by Gasteiger charge is 2.22. The predicted molar refractivity (Wildman–Crippen MR) is 84.0 cm³/mol. The Balaban J connectivity index is 1.70. The molecule has 1 amide bonds. The second-order valence-electron chi connectivity index (χ2n) is 5.40. The summed E-state index contributed by atoms with van der Waals surface area (Å²) < 4.78 is 6.85. The Labute approximate surface area is 142 Å². The zero-order chi connectivity index (χ0) is 17.1. The first kappa shape index (κ1) is 16.3. The highest BCUT2D eigenvalue weighted by molar-refractivity contribution is 6.30. The lowest BCUT2D eigenvalue weighted by Crippen LogP contribution is -2.31. The van der Waals surface area contributed by atoms with E-state index in [-0.39, 0.29) is 24.2 Å². The molecule has 3 rings (SSSR count). The van der Waals surface area contributed by atoms with Crippen LogP contribution in [0, 0.1) is 0 Å². The van der Waals surface area contributed by atoms with Crippen molar-refractivity contribution in [1.29, 1.82) is 0 Å². The van der Waals surface area contributed by atoms with Gasteiger partial charge in [-0.05, 0) is 25.0 Å². The standard InChI is InChI=1S/C15H15ClN4O4/c16-9-3-4-10-11(2-1-5-24-13(10)6-9)17-14(21)8-20-7-12(15(22)23)18-19-20/h3-4,6-7,11H,1-2,5,8H2,(H,17,21)(H,22,23). The molecule has 9 heteroatoms. The van der Waals surface area contributed by atoms with Gasteiger partial charge in [0.1, 0.15) is 12.3 Å². The van der Waals surface area contributed by atoms with E-state index in [1.54, 1.807) is 12.1 Å². The SMILES string of the molecule is O=C(Cn1cc(C(=O)O)nn1)NC1CCCOc2cc(Cl)ccc21. The zero-order valence-corrected chi connectivity index (χ0v) is 13.4. The Morgan fingerprint density at radius 3 is 3.04 bits per heavy atom. The van der Waals surface area contributed by atoms with Crippen molar-refractivity contribution in [3.05, 3.63) is 40.7 Å². The molecule has 2 heterocycles. The fraction of sp³-hybridized carbons (Fsp3) is 0.333. The third kappa shape index (κ3) is 3.65. The van der Waals surface area contributed by atoms with E-state index in [4.69, 9.17) is 21.4 Å². The van der Waals surface area contributed by atoms with Gasteiger partial charge in [0.15, 0.2) is 5.69 Å². The molecule has 1 aromatic heterocycles. The number of aromatic nitrogens is 3. The molecule has 1 aliphatic heterocycles. The summed E-state index contributed by atoms with van der Waals surface area (Å²) >= 11 is 5.98. The van der Waals surface area contributed by atoms with Crippen molar-refractivity contribution in [2.24, 2.45) is 0 Å². The van der Waals surface area contributed by atoms with Crippen molar-refractivity contribution in [2.75, 3.05) is 6.61 Å². The summed E-state index contributed by atoms with van der Waals surface area (Å²) in [6.07, 6.45) is 2.74. The highest BCUT2D eigenvalue weighted by Crippen LogP contribution is 2.33. The molecule has 2 N–H and O–H groups in total. The summed E-state index contributed by atoms with van der Waals surface area (Å²) in [6, 6.07) is 5.13. The molecule has 8 nitrogen and oxygen atoms in total. The van der Waals surface area contributed by atoms with E-state index >= 15 is 0 Å². The number of benzene rings is 1. The maximum absolute atomic E-state index is 12.2. The van der Waals surface area contributed by atoms with Crippen molar-refractivity contribution < 1.29 is 19.4 Å². The first-order chi connectivity index (χ1) is 11.5. The van der Waals surface area contributed by atoms with E-state index in [2.05, 4.69) is 15.6 Å². The van der Waals surface area contributed by atoms with Crippen molar-refractivity contribution >= 4 is 23.5 Å². The third-order valence-electron chi connectivity index (χ3n) is 3.64. The number of carboxylic acid groups (broad SMARTS) is 1. The van der Waals surface area contributed by atoms with Gasteiger partial charge < -0.3 is 15.2 Å². The lowest BCUT2D eigenvalue weighted by molar-refractivity contribution is -0.122. The number of nitrogens with zero attached hydrogens (tertiary/aromatic N) is 3. The van der Waals surface area contributed by atoms with Gasteiger partial charge in [-0.1, -0.05) is 22.9 Å². The van der Waals surface area contributed by atoms with Crippen LogP contribution in [0.3, 0.4) is 0 Å². The van der Waals surface area contributed by atoms with E-state index in [0.717, 1.165) is 18.4 Å². The number of fused-ring (bicyclic) bond motifs is 1. The summed E-state index contributed by atoms with van der Waals surface area (Å²) in [5.74, 6) is -0.808. The Morgan fingerprint density at radius 1 is 1.46 bits per heavy atom. The van der Waals surface area contributed by atoms with Gasteiger partial charge in [0, 0.05) is 10.6 Å². The van der Waals surface area contributed by atoms with Gasteiger partial charge in [0.2, 0.25) is 5.91 Å². The van der Waals surface area contributed by atoms with E-state index in [0.29, 0.717) is 17.4 Å². The number of rotatable bonds is 4. The number of hydrogen-bond acceptors (Lipinski definition) is 5. The number of nitrogens with one attached hydrogen (secondary N) is 1. The topological polar surface area (TPSA) is 106 Å². The molecular formula is C15H15ClN4O4. The van der Waals surface area contributed by atoms with Crippen LogP contribution in [0.1, 0.15) is 34.9 Å². The van der Waals surface area contributed by atoms with Crippen molar-refractivity contribution in [3.8, 4) is 5.75 Å². The van der Waals surface area contributed by atoms with Crippen LogP contribution < -0.4 is 10.1 Å². The van der Waals surface area contributed by atoms with Gasteiger partial charge in [0.05, 0.1) is 18.8 Å². The van der Waals surface area contributed by atoms with E-state index < -0.39 is 5.97 Å². The molecule has 0 fully saturated rings. The molecular weight excluding hydrogens is 336 g/mol. The maximum Gasteiger partial charge on any atom is 0.358 e. The maximum atomic E-state index is 12.2. The minimum atomic E-state index is -1.19. The smallest absolute Gasteiger partial charge is 0.358 e. The van der Waals surface area contributed by atoms with E-state index in [9.17, 15) is 9.59 Å². The second kappa shape index (κ2) is 6.88. The third-order valence-corrected chi connectivity index (χ3v) is 3.88. The van der Waals surface area contributed by atoms with E-state index in [1.165, 1.54) is 10.9 Å². The average molecular weight is 351 g/mol. The molecule has 0 radical (unpaired) electrons. The predicted octanol–water partition coefficient (Wildman–Crippen LogP) is 1.66. The molecule has 0 saturated carbocycles. The minimum Gasteiger partial charge on any atom is -0.493 e. The van der Waals surface area contributed by atoms with Crippen LogP contribution >= 0.6 is 11.6 Å². The van der Waals surface area contributed by atoms with E-state index in [1.807, 2.05) is 6.07 Å². The van der Waals surface area contributed by atoms with Crippen LogP contribution in [0.25, 0.3) is 0 Å². The number of amides is 1. The summed E-state index contributed by atoms with van der Waals surface area (Å²) in [6.45, 7) is 0.450. The van der Waals surface area contributed by atoms with Crippen LogP contribution in [0.15, 0.2) is 24.4 Å². The minimum absolute atomic E-state index is 0.111. The number of ether oxygens (including phenoxy) is 1. The molecule has 0 bridgehead atoms. The number of carbonyl (C=O) groups excluding carboxylic acids is 1. The Bertz CT molecular complexity index is 777. The molecule has 1 aliphatic rings. The number of carbonyl (C=O) groups is 2. The average Bonchev–Trinajstić information content (AvgIpc) is 2.90. The summed E-state index contributed by atoms with van der Waals surface area (Å²) in [4.78, 5) is 23.0. The van der Waals surface area contributed by atoms with Gasteiger partial charge in [-0.25, -0.2) is 9.48 Å². The van der Waals surface area contributed by atoms with Gasteiger partial charge in [0.25, 0.3) is 0 Å². The largest absolute Gasteiger partial charge is 0.493 e. The second-order valence-corrected chi connectivity index (χ2v) is 5.84. The first-order valence-electron chi connectivity index (χ1n) is 7.38. The van der Waals surface area contributed by atoms with Gasteiger partial charge in [-0.3, -0.25) is 4.79 Å². The molecule has 1 aromatic carbocycles. The van der Waals surface area contributed by atoms with Crippen LogP contribution in [0.2, 0.25) is 5.02 Å². The lowest BCUT2D eigenvalue weighted by Gasteiger charge is -2.18. The monoisotopic (exact) mass is 350 g/mol. The summed E-state index contributed by atoms with van der Waals surface area (Å²) in [5.41, 5.74) is 0.667. The molecule has 0 spiro atoms. The molecule has 2 aromatic rings. The quantitative estimate of drug-likeness (QED) is 0.868. The highest BCUT2D eigenvalue weighted by atomic mass is 35.5. The molecule has 0 aliphatic carbocycles. The van der Waals surface area contributed by atoms with Crippen LogP contribution in [0.4, 0.5) is 0 Å². The summed E-state index contributed by atoms with van der Waals surface area (Å²) in [7, 11) is 0. The normalized spacial score (nSPS) is 16.6.